The zero-order valence-electron chi connectivity index (χ0n) is 18.0. The molecule has 0 radical (unpaired) electrons. The minimum atomic E-state index is -0.697. The van der Waals surface area contributed by atoms with Crippen molar-refractivity contribution in [3.05, 3.63) is 35.5 Å². The van der Waals surface area contributed by atoms with Gasteiger partial charge in [0.25, 0.3) is 0 Å². The lowest BCUT2D eigenvalue weighted by Gasteiger charge is -2.31. The number of likely N-dealkylation sites (N-methyl/N-ethyl adjacent to an activating group) is 1. The number of hydrogen-bond acceptors (Lipinski definition) is 5. The van der Waals surface area contributed by atoms with Gasteiger partial charge < -0.3 is 14.4 Å². The van der Waals surface area contributed by atoms with Crippen LogP contribution in [0.5, 0.6) is 0 Å². The number of rotatable bonds is 1. The number of ketones is 1. The standard InChI is InChI=1S/C22H28N2O5/c1-21(2,3)28-19(26)23(7)16-11-13-12-24(20(27)29-22(4,5)6)15-10-8-9-14(17(13)15)18(16)25/h8-10,12,16H,11H2,1-7H3. The van der Waals surface area contributed by atoms with Crippen LogP contribution in [0.1, 0.15) is 57.5 Å². The monoisotopic (exact) mass is 400 g/mol. The molecule has 3 rings (SSSR count). The summed E-state index contributed by atoms with van der Waals surface area (Å²) in [6, 6.07) is 4.55. The van der Waals surface area contributed by atoms with Crippen LogP contribution in [-0.2, 0) is 15.9 Å². The minimum absolute atomic E-state index is 0.168. The summed E-state index contributed by atoms with van der Waals surface area (Å²) in [5.41, 5.74) is 0.640. The van der Waals surface area contributed by atoms with Gasteiger partial charge in [0.1, 0.15) is 17.2 Å². The van der Waals surface area contributed by atoms with Crippen LogP contribution >= 0.6 is 0 Å². The molecule has 7 nitrogen and oxygen atoms in total. The highest BCUT2D eigenvalue weighted by molar-refractivity contribution is 6.15. The molecule has 0 fully saturated rings. The van der Waals surface area contributed by atoms with Gasteiger partial charge in [-0.3, -0.25) is 9.36 Å². The van der Waals surface area contributed by atoms with E-state index in [2.05, 4.69) is 0 Å². The molecule has 156 valence electrons. The number of hydrogen-bond donors (Lipinski definition) is 0. The maximum Gasteiger partial charge on any atom is 0.419 e. The molecule has 2 aromatic rings. The number of benzene rings is 1. The number of aromatic nitrogens is 1. The Morgan fingerprint density at radius 1 is 1.07 bits per heavy atom. The molecule has 1 amide bonds. The molecule has 0 spiro atoms. The Hall–Kier alpha value is -2.83. The number of amides is 1. The summed E-state index contributed by atoms with van der Waals surface area (Å²) in [5, 5.41) is 0.734. The van der Waals surface area contributed by atoms with Gasteiger partial charge in [0, 0.05) is 30.6 Å². The van der Waals surface area contributed by atoms with E-state index in [0.717, 1.165) is 10.9 Å². The molecule has 0 N–H and O–H groups in total. The first-order valence-electron chi connectivity index (χ1n) is 9.65. The molecular formula is C22H28N2O5. The average Bonchev–Trinajstić information content (AvgIpc) is 2.94. The van der Waals surface area contributed by atoms with E-state index in [0.29, 0.717) is 17.5 Å². The molecule has 7 heteroatoms. The summed E-state index contributed by atoms with van der Waals surface area (Å²) >= 11 is 0. The van der Waals surface area contributed by atoms with Crippen molar-refractivity contribution < 1.29 is 23.9 Å². The van der Waals surface area contributed by atoms with Crippen LogP contribution in [0.3, 0.4) is 0 Å². The van der Waals surface area contributed by atoms with Gasteiger partial charge in [-0.2, -0.15) is 0 Å². The molecule has 1 aromatic heterocycles. The van der Waals surface area contributed by atoms with Crippen molar-refractivity contribution in [1.29, 1.82) is 0 Å². The van der Waals surface area contributed by atoms with Crippen molar-refractivity contribution in [3.8, 4) is 0 Å². The predicted molar refractivity (Wildman–Crippen MR) is 109 cm³/mol. The van der Waals surface area contributed by atoms with E-state index in [9.17, 15) is 14.4 Å². The van der Waals surface area contributed by atoms with Crippen LogP contribution in [0, 0.1) is 0 Å². The van der Waals surface area contributed by atoms with Gasteiger partial charge in [0.2, 0.25) is 0 Å². The molecule has 1 heterocycles. The Morgan fingerprint density at radius 3 is 2.28 bits per heavy atom. The molecular weight excluding hydrogens is 372 g/mol. The van der Waals surface area contributed by atoms with Gasteiger partial charge in [-0.05, 0) is 53.2 Å². The second-order valence-corrected chi connectivity index (χ2v) is 9.38. The summed E-state index contributed by atoms with van der Waals surface area (Å²) in [7, 11) is 1.56. The van der Waals surface area contributed by atoms with Crippen molar-refractivity contribution in [1.82, 2.24) is 9.47 Å². The van der Waals surface area contributed by atoms with Crippen molar-refractivity contribution in [2.75, 3.05) is 7.05 Å². The van der Waals surface area contributed by atoms with E-state index >= 15 is 0 Å². The SMILES string of the molecule is CN(C(=O)OC(C)(C)C)C1Cc2cn(C(=O)OC(C)(C)C)c3cccc(c23)C1=O. The quantitative estimate of drug-likeness (QED) is 0.709. The second-order valence-electron chi connectivity index (χ2n) is 9.38. The van der Waals surface area contributed by atoms with Crippen molar-refractivity contribution in [2.45, 2.75) is 65.2 Å². The smallest absolute Gasteiger partial charge is 0.419 e. The zero-order chi connectivity index (χ0) is 21.7. The van der Waals surface area contributed by atoms with E-state index < -0.39 is 29.4 Å². The fourth-order valence-electron chi connectivity index (χ4n) is 3.45. The molecule has 0 saturated heterocycles. The van der Waals surface area contributed by atoms with Crippen LogP contribution in [0.15, 0.2) is 24.4 Å². The highest BCUT2D eigenvalue weighted by atomic mass is 16.6. The maximum atomic E-state index is 13.1. The van der Waals surface area contributed by atoms with Crippen LogP contribution in [0.4, 0.5) is 9.59 Å². The van der Waals surface area contributed by atoms with Gasteiger partial charge >= 0.3 is 12.2 Å². The van der Waals surface area contributed by atoms with Gasteiger partial charge in [0.15, 0.2) is 5.78 Å². The fraction of sp³-hybridized carbons (Fsp3) is 0.500. The lowest BCUT2D eigenvalue weighted by Crippen LogP contribution is -2.47. The van der Waals surface area contributed by atoms with Crippen molar-refractivity contribution in [2.24, 2.45) is 0 Å². The molecule has 1 atom stereocenters. The molecule has 1 aliphatic rings. The number of carbonyl (C=O) groups excluding carboxylic acids is 3. The summed E-state index contributed by atoms with van der Waals surface area (Å²) in [6.07, 6.45) is 0.943. The lowest BCUT2D eigenvalue weighted by molar-refractivity contribution is 0.0216. The zero-order valence-corrected chi connectivity index (χ0v) is 18.0. The Labute approximate surface area is 170 Å². The molecule has 0 aliphatic heterocycles. The van der Waals surface area contributed by atoms with Crippen LogP contribution < -0.4 is 0 Å². The fourth-order valence-corrected chi connectivity index (χ4v) is 3.45. The Bertz CT molecular complexity index is 991. The molecule has 0 bridgehead atoms. The summed E-state index contributed by atoms with van der Waals surface area (Å²) < 4.78 is 12.3. The summed E-state index contributed by atoms with van der Waals surface area (Å²) in [6.45, 7) is 10.7. The molecule has 0 saturated carbocycles. The topological polar surface area (TPSA) is 77.8 Å². The molecule has 1 aromatic carbocycles. The third-order valence-electron chi connectivity index (χ3n) is 4.63. The first kappa shape index (κ1) is 20.9. The number of ether oxygens (including phenoxy) is 2. The first-order valence-corrected chi connectivity index (χ1v) is 9.65. The molecule has 1 unspecified atom stereocenters. The number of carbonyl (C=O) groups is 3. The third kappa shape index (κ3) is 4.13. The second kappa shape index (κ2) is 6.90. The first-order chi connectivity index (χ1) is 13.3. The van der Waals surface area contributed by atoms with E-state index in [1.165, 1.54) is 9.47 Å². The van der Waals surface area contributed by atoms with Crippen LogP contribution in [-0.4, -0.2) is 51.7 Å². The maximum absolute atomic E-state index is 13.1. The van der Waals surface area contributed by atoms with E-state index in [-0.39, 0.29) is 5.78 Å². The van der Waals surface area contributed by atoms with Gasteiger partial charge in [-0.15, -0.1) is 0 Å². The van der Waals surface area contributed by atoms with E-state index in [4.69, 9.17) is 9.47 Å². The van der Waals surface area contributed by atoms with Gasteiger partial charge in [-0.25, -0.2) is 9.59 Å². The largest absolute Gasteiger partial charge is 0.444 e. The Balaban J connectivity index is 1.99. The third-order valence-corrected chi connectivity index (χ3v) is 4.63. The minimum Gasteiger partial charge on any atom is -0.444 e. The van der Waals surface area contributed by atoms with E-state index in [1.807, 2.05) is 0 Å². The summed E-state index contributed by atoms with van der Waals surface area (Å²) in [5.74, 6) is -0.168. The van der Waals surface area contributed by atoms with Crippen LogP contribution in [0.25, 0.3) is 10.9 Å². The molecule has 1 aliphatic carbocycles. The van der Waals surface area contributed by atoms with E-state index in [1.54, 1.807) is 73.0 Å². The normalized spacial score (nSPS) is 16.7. The molecule has 29 heavy (non-hydrogen) atoms. The summed E-state index contributed by atoms with van der Waals surface area (Å²) in [4.78, 5) is 39.6. The number of Topliss-reactive ketones (excluding diaryl/α,β-unsaturated/α-hetero) is 1. The lowest BCUT2D eigenvalue weighted by atomic mass is 9.87. The van der Waals surface area contributed by atoms with Crippen molar-refractivity contribution >= 4 is 28.9 Å². The predicted octanol–water partition coefficient (Wildman–Crippen LogP) is 4.40. The van der Waals surface area contributed by atoms with Crippen molar-refractivity contribution in [3.63, 3.8) is 0 Å². The highest BCUT2D eigenvalue weighted by Crippen LogP contribution is 2.33. The highest BCUT2D eigenvalue weighted by Gasteiger charge is 2.37. The Kier molecular flexibility index (Phi) is 4.97. The van der Waals surface area contributed by atoms with Gasteiger partial charge in [-0.1, -0.05) is 12.1 Å². The van der Waals surface area contributed by atoms with Gasteiger partial charge in [0.05, 0.1) is 5.52 Å². The average molecular weight is 400 g/mol. The Morgan fingerprint density at radius 2 is 1.69 bits per heavy atom. The number of nitrogens with zero attached hydrogens (tertiary/aromatic N) is 2. The van der Waals surface area contributed by atoms with Crippen LogP contribution in [0.2, 0.25) is 0 Å².